The van der Waals surface area contributed by atoms with Gasteiger partial charge >= 0.3 is 162 Å². The predicted molar refractivity (Wildman–Crippen MR) is 107 cm³/mol. The summed E-state index contributed by atoms with van der Waals surface area (Å²) in [6.07, 6.45) is 1.52. The molecule has 2 N–H and O–H groups in total. The molecule has 0 bridgehead atoms. The fourth-order valence-electron chi connectivity index (χ4n) is 2.66. The number of anilines is 2. The Hall–Kier alpha value is -3.21. The number of fused-ring (bicyclic) bond motifs is 1. The monoisotopic (exact) mass is 421 g/mol. The summed E-state index contributed by atoms with van der Waals surface area (Å²) in [5.74, 6) is -0.418. The van der Waals surface area contributed by atoms with Crippen molar-refractivity contribution in [2.75, 3.05) is 10.6 Å². The van der Waals surface area contributed by atoms with Gasteiger partial charge in [0.2, 0.25) is 0 Å². The first-order valence-electron chi connectivity index (χ1n) is 8.31. The Balaban J connectivity index is 1.45. The number of carbonyl (C=O) groups is 2. The van der Waals surface area contributed by atoms with Crippen LogP contribution in [0.3, 0.4) is 0 Å². The molecule has 132 valence electrons. The molecule has 27 heavy (non-hydrogen) atoms. The average molecular weight is 420 g/mol. The Kier molecular flexibility index (Phi) is 4.83. The van der Waals surface area contributed by atoms with Crippen LogP contribution in [0, 0.1) is 0 Å². The van der Waals surface area contributed by atoms with Crippen LogP contribution in [0.1, 0.15) is 19.6 Å². The van der Waals surface area contributed by atoms with Gasteiger partial charge in [-0.25, -0.2) is 0 Å². The Morgan fingerprint density at radius 1 is 0.778 bits per heavy atom. The van der Waals surface area contributed by atoms with E-state index in [0.29, 0.717) is 14.7 Å². The zero-order valence-electron chi connectivity index (χ0n) is 14.2. The normalized spacial score (nSPS) is 10.5. The van der Waals surface area contributed by atoms with E-state index in [-0.39, 0.29) is 26.3 Å². The Morgan fingerprint density at radius 2 is 1.52 bits per heavy atom. The molecule has 1 aromatic heterocycles. The van der Waals surface area contributed by atoms with Gasteiger partial charge in [-0.05, 0) is 0 Å². The Bertz CT molecular complexity index is 1120. The van der Waals surface area contributed by atoms with E-state index in [0.717, 1.165) is 16.5 Å². The van der Waals surface area contributed by atoms with E-state index in [1.807, 2.05) is 48.5 Å². The van der Waals surface area contributed by atoms with Crippen LogP contribution in [-0.2, 0) is 0 Å². The van der Waals surface area contributed by atoms with E-state index >= 15 is 0 Å². The van der Waals surface area contributed by atoms with Crippen molar-refractivity contribution in [3.05, 3.63) is 89.0 Å². The molecule has 3 aromatic carbocycles. The fraction of sp³-hybridized carbons (Fsp3) is 0. The van der Waals surface area contributed by atoms with Crippen LogP contribution in [0.25, 0.3) is 10.8 Å². The Morgan fingerprint density at radius 3 is 2.33 bits per heavy atom. The van der Waals surface area contributed by atoms with Gasteiger partial charge in [0.15, 0.2) is 0 Å². The number of nitrogens with zero attached hydrogens (tertiary/aromatic N) is 1. The van der Waals surface area contributed by atoms with Crippen molar-refractivity contribution >= 4 is 47.5 Å². The topological polar surface area (TPSA) is 71.1 Å². The zero-order chi connectivity index (χ0) is 18.6. The summed E-state index contributed by atoms with van der Waals surface area (Å²) in [5, 5.41) is 7.86. The number of carbonyl (C=O) groups excluding carboxylic acids is 2. The number of amides is 2. The third kappa shape index (κ3) is 3.97. The van der Waals surface area contributed by atoms with Crippen molar-refractivity contribution in [2.24, 2.45) is 0 Å². The summed E-state index contributed by atoms with van der Waals surface area (Å²) in [6.45, 7) is 0. The number of aromatic nitrogens is 1. The van der Waals surface area contributed by atoms with Crippen molar-refractivity contribution in [1.82, 2.24) is 4.98 Å². The fourth-order valence-corrected chi connectivity index (χ4v) is 4.14. The van der Waals surface area contributed by atoms with E-state index in [1.165, 1.54) is 6.20 Å². The van der Waals surface area contributed by atoms with Crippen LogP contribution in [-0.4, -0.2) is 31.3 Å². The maximum atomic E-state index is 12.5. The van der Waals surface area contributed by atoms with E-state index in [1.54, 1.807) is 24.3 Å². The van der Waals surface area contributed by atoms with Crippen LogP contribution < -0.4 is 10.6 Å². The molecule has 4 rings (SSSR count). The van der Waals surface area contributed by atoms with Gasteiger partial charge in [0.25, 0.3) is 0 Å². The summed E-state index contributed by atoms with van der Waals surface area (Å²) in [4.78, 5) is 28.9. The standard InChI is InChI=1S/C21H15N3O2Se/c25-19(15-7-2-1-3-8-15)24-21-22-13-18(27-21)20(26)23-17-11-10-14-6-4-5-9-16(14)12-17/h1-13H,(H,23,26)(H,22,24,25). The van der Waals surface area contributed by atoms with E-state index in [9.17, 15) is 9.59 Å². The van der Waals surface area contributed by atoms with E-state index < -0.39 is 0 Å². The van der Waals surface area contributed by atoms with Gasteiger partial charge in [0, 0.05) is 0 Å². The molecule has 0 fully saturated rings. The van der Waals surface area contributed by atoms with Crippen molar-refractivity contribution < 1.29 is 9.59 Å². The minimum atomic E-state index is -0.342. The van der Waals surface area contributed by atoms with Gasteiger partial charge in [-0.15, -0.1) is 0 Å². The summed E-state index contributed by atoms with van der Waals surface area (Å²) in [6, 6.07) is 22.7. The van der Waals surface area contributed by atoms with Crippen LogP contribution in [0.4, 0.5) is 10.4 Å². The second-order valence-corrected chi connectivity index (χ2v) is 8.03. The van der Waals surface area contributed by atoms with Crippen LogP contribution >= 0.6 is 0 Å². The van der Waals surface area contributed by atoms with Gasteiger partial charge in [-0.2, -0.15) is 0 Å². The molecule has 0 saturated heterocycles. The second kappa shape index (κ2) is 7.58. The number of rotatable bonds is 4. The first-order valence-corrected chi connectivity index (χ1v) is 10.0. The van der Waals surface area contributed by atoms with Crippen molar-refractivity contribution in [3.8, 4) is 0 Å². The molecule has 0 saturated carbocycles. The molecule has 0 unspecified atom stereocenters. The van der Waals surface area contributed by atoms with Crippen LogP contribution in [0.5, 0.6) is 0 Å². The molecule has 0 aliphatic carbocycles. The van der Waals surface area contributed by atoms with Gasteiger partial charge < -0.3 is 0 Å². The summed E-state index contributed by atoms with van der Waals surface area (Å²) in [7, 11) is 0. The third-order valence-electron chi connectivity index (χ3n) is 3.99. The van der Waals surface area contributed by atoms with E-state index in [2.05, 4.69) is 15.6 Å². The van der Waals surface area contributed by atoms with Crippen LogP contribution in [0.2, 0.25) is 0 Å². The number of hydrogen-bond donors (Lipinski definition) is 2. The number of hydrogen-bond acceptors (Lipinski definition) is 3. The van der Waals surface area contributed by atoms with Gasteiger partial charge in [0.05, 0.1) is 0 Å². The summed E-state index contributed by atoms with van der Waals surface area (Å²) in [5.41, 5.74) is 1.29. The molecule has 2 amide bonds. The number of nitrogens with one attached hydrogen (secondary N) is 2. The van der Waals surface area contributed by atoms with E-state index in [4.69, 9.17) is 0 Å². The molecule has 4 aromatic rings. The average Bonchev–Trinajstić information content (AvgIpc) is 3.17. The first kappa shape index (κ1) is 17.2. The first-order chi connectivity index (χ1) is 13.2. The van der Waals surface area contributed by atoms with Crippen molar-refractivity contribution in [2.45, 2.75) is 0 Å². The number of benzene rings is 3. The predicted octanol–water partition coefficient (Wildman–Crippen LogP) is 3.80. The second-order valence-electron chi connectivity index (χ2n) is 5.87. The SMILES string of the molecule is O=C(Nc1ncc(C(=O)Nc2ccc3ccccc3c2)[se]1)c1ccccc1. The molecule has 0 aliphatic rings. The molecule has 0 aliphatic heterocycles. The molecule has 0 spiro atoms. The van der Waals surface area contributed by atoms with Gasteiger partial charge in [0.1, 0.15) is 0 Å². The molecule has 1 heterocycles. The molecule has 0 radical (unpaired) electrons. The van der Waals surface area contributed by atoms with Gasteiger partial charge in [-0.1, -0.05) is 0 Å². The zero-order valence-corrected chi connectivity index (χ0v) is 15.9. The quantitative estimate of drug-likeness (QED) is 0.494. The van der Waals surface area contributed by atoms with Crippen molar-refractivity contribution in [1.29, 1.82) is 0 Å². The molecular weight excluding hydrogens is 405 g/mol. The maximum absolute atomic E-state index is 12.5. The Labute approximate surface area is 161 Å². The van der Waals surface area contributed by atoms with Crippen molar-refractivity contribution in [3.63, 3.8) is 0 Å². The van der Waals surface area contributed by atoms with Crippen LogP contribution in [0.15, 0.2) is 79.0 Å². The molecule has 0 atom stereocenters. The summed E-state index contributed by atoms with van der Waals surface area (Å²) < 4.78 is 1.10. The summed E-state index contributed by atoms with van der Waals surface area (Å²) >= 11 is -0.342. The molecule has 6 heteroatoms. The third-order valence-corrected chi connectivity index (χ3v) is 5.91. The minimum absolute atomic E-state index is 0.196. The molecular formula is C21H15N3O2Se. The molecule has 5 nitrogen and oxygen atoms in total. The van der Waals surface area contributed by atoms with Gasteiger partial charge in [-0.3, -0.25) is 0 Å².